The minimum absolute atomic E-state index is 0.0608. The number of rotatable bonds is 3. The first-order valence-electron chi connectivity index (χ1n) is 5.11. The normalized spacial score (nSPS) is 11.3. The van der Waals surface area contributed by atoms with Crippen molar-refractivity contribution in [3.8, 4) is 0 Å². The highest BCUT2D eigenvalue weighted by Crippen LogP contribution is 2.24. The molecule has 0 unspecified atom stereocenters. The molecule has 0 fully saturated rings. The Hall–Kier alpha value is -1.30. The number of halogens is 3. The maximum Gasteiger partial charge on any atom is 0.261 e. The molecular weight excluding hydrogens is 312 g/mol. The third-order valence-electron chi connectivity index (χ3n) is 2.24. The van der Waals surface area contributed by atoms with E-state index < -0.39 is 15.8 Å². The van der Waals surface area contributed by atoms with Gasteiger partial charge in [0.1, 0.15) is 5.82 Å². The molecule has 0 saturated carbocycles. The van der Waals surface area contributed by atoms with Gasteiger partial charge in [-0.25, -0.2) is 12.8 Å². The predicted molar refractivity (Wildman–Crippen MR) is 73.7 cm³/mol. The number of nitrogens with one attached hydrogen (secondary N) is 1. The highest BCUT2D eigenvalue weighted by Gasteiger charge is 2.15. The van der Waals surface area contributed by atoms with Gasteiger partial charge in [0.05, 0.1) is 4.90 Å². The van der Waals surface area contributed by atoms with Crippen molar-refractivity contribution in [3.05, 3.63) is 58.3 Å². The quantitative estimate of drug-likeness (QED) is 0.931. The summed E-state index contributed by atoms with van der Waals surface area (Å²) in [5, 5.41) is 0.430. The number of sulfonamides is 1. The summed E-state index contributed by atoms with van der Waals surface area (Å²) >= 11 is 11.5. The van der Waals surface area contributed by atoms with Crippen molar-refractivity contribution in [1.29, 1.82) is 0 Å². The van der Waals surface area contributed by atoms with Crippen LogP contribution in [0.4, 0.5) is 10.1 Å². The maximum atomic E-state index is 12.7. The van der Waals surface area contributed by atoms with Crippen molar-refractivity contribution in [2.45, 2.75) is 4.90 Å². The summed E-state index contributed by atoms with van der Waals surface area (Å²) in [4.78, 5) is -0.0608. The monoisotopic (exact) mass is 319 g/mol. The molecule has 0 aliphatic rings. The number of hydrogen-bond donors (Lipinski definition) is 1. The summed E-state index contributed by atoms with van der Waals surface area (Å²) in [7, 11) is -3.81. The Morgan fingerprint density at radius 1 is 0.947 bits per heavy atom. The van der Waals surface area contributed by atoms with Gasteiger partial charge < -0.3 is 0 Å². The molecule has 0 radical (unpaired) electrons. The Kier molecular flexibility index (Phi) is 3.99. The van der Waals surface area contributed by atoms with Crippen molar-refractivity contribution >= 4 is 38.9 Å². The van der Waals surface area contributed by atoms with Crippen LogP contribution in [-0.2, 0) is 10.0 Å². The average Bonchev–Trinajstić information content (AvgIpc) is 2.31. The molecule has 0 saturated heterocycles. The Balaban J connectivity index is 2.34. The minimum atomic E-state index is -3.81. The smallest absolute Gasteiger partial charge is 0.261 e. The van der Waals surface area contributed by atoms with E-state index in [1.54, 1.807) is 0 Å². The molecule has 19 heavy (non-hydrogen) atoms. The fourth-order valence-electron chi connectivity index (χ4n) is 1.42. The van der Waals surface area contributed by atoms with Gasteiger partial charge in [-0.05, 0) is 42.5 Å². The van der Waals surface area contributed by atoms with Gasteiger partial charge in [0.15, 0.2) is 0 Å². The van der Waals surface area contributed by atoms with E-state index >= 15 is 0 Å². The predicted octanol–water partition coefficient (Wildman–Crippen LogP) is 3.93. The van der Waals surface area contributed by atoms with Crippen LogP contribution in [0.25, 0.3) is 0 Å². The van der Waals surface area contributed by atoms with Crippen molar-refractivity contribution in [2.24, 2.45) is 0 Å². The van der Waals surface area contributed by atoms with Gasteiger partial charge in [-0.1, -0.05) is 23.2 Å². The van der Waals surface area contributed by atoms with Gasteiger partial charge in [-0.3, -0.25) is 4.72 Å². The van der Waals surface area contributed by atoms with Crippen LogP contribution in [0.2, 0.25) is 10.0 Å². The van der Waals surface area contributed by atoms with E-state index in [0.717, 1.165) is 12.1 Å². The first-order chi connectivity index (χ1) is 8.87. The Labute approximate surface area is 120 Å². The second-order valence-corrected chi connectivity index (χ2v) is 6.27. The topological polar surface area (TPSA) is 46.2 Å². The average molecular weight is 320 g/mol. The lowest BCUT2D eigenvalue weighted by Gasteiger charge is -2.08. The summed E-state index contributed by atoms with van der Waals surface area (Å²) in [5.74, 6) is -0.450. The fraction of sp³-hybridized carbons (Fsp3) is 0. The molecule has 100 valence electrons. The van der Waals surface area contributed by atoms with Crippen LogP contribution < -0.4 is 4.72 Å². The lowest BCUT2D eigenvalue weighted by atomic mass is 10.3. The molecule has 0 atom stereocenters. The van der Waals surface area contributed by atoms with E-state index in [4.69, 9.17) is 23.2 Å². The molecule has 2 rings (SSSR count). The third kappa shape index (κ3) is 3.59. The highest BCUT2D eigenvalue weighted by molar-refractivity contribution is 7.92. The molecule has 1 N–H and O–H groups in total. The van der Waals surface area contributed by atoms with Crippen molar-refractivity contribution in [1.82, 2.24) is 0 Å². The van der Waals surface area contributed by atoms with Crippen LogP contribution in [0.5, 0.6) is 0 Å². The van der Waals surface area contributed by atoms with E-state index in [9.17, 15) is 12.8 Å². The van der Waals surface area contributed by atoms with E-state index in [1.807, 2.05) is 0 Å². The van der Waals surface area contributed by atoms with Gasteiger partial charge in [0.25, 0.3) is 10.0 Å². The number of anilines is 1. The first-order valence-corrected chi connectivity index (χ1v) is 7.35. The SMILES string of the molecule is O=S(=O)(Nc1ccc(F)cc1)c1cc(Cl)cc(Cl)c1. The molecule has 0 aromatic heterocycles. The lowest BCUT2D eigenvalue weighted by molar-refractivity contribution is 0.601. The zero-order valence-electron chi connectivity index (χ0n) is 9.40. The molecule has 2 aromatic carbocycles. The summed E-state index contributed by atoms with van der Waals surface area (Å²) in [6.07, 6.45) is 0. The second-order valence-electron chi connectivity index (χ2n) is 3.72. The maximum absolute atomic E-state index is 12.7. The van der Waals surface area contributed by atoms with Gasteiger partial charge >= 0.3 is 0 Å². The molecule has 0 aliphatic heterocycles. The van der Waals surface area contributed by atoms with Gasteiger partial charge in [-0.2, -0.15) is 0 Å². The standard InChI is InChI=1S/C12H8Cl2FNO2S/c13-8-5-9(14)7-12(6-8)19(17,18)16-11-3-1-10(15)2-4-11/h1-7,16H. The summed E-state index contributed by atoms with van der Waals surface area (Å²) in [6, 6.07) is 8.93. The van der Waals surface area contributed by atoms with Crippen molar-refractivity contribution in [2.75, 3.05) is 4.72 Å². The van der Waals surface area contributed by atoms with E-state index in [1.165, 1.54) is 30.3 Å². The van der Waals surface area contributed by atoms with Crippen LogP contribution in [0.15, 0.2) is 47.4 Å². The van der Waals surface area contributed by atoms with E-state index in [2.05, 4.69) is 4.72 Å². The summed E-state index contributed by atoms with van der Waals surface area (Å²) in [6.45, 7) is 0. The largest absolute Gasteiger partial charge is 0.280 e. The lowest BCUT2D eigenvalue weighted by Crippen LogP contribution is -2.12. The minimum Gasteiger partial charge on any atom is -0.280 e. The molecule has 2 aromatic rings. The fourth-order valence-corrected chi connectivity index (χ4v) is 3.20. The van der Waals surface area contributed by atoms with Crippen LogP contribution in [-0.4, -0.2) is 8.42 Å². The highest BCUT2D eigenvalue weighted by atomic mass is 35.5. The Morgan fingerprint density at radius 3 is 2.00 bits per heavy atom. The second kappa shape index (κ2) is 5.36. The molecular formula is C12H8Cl2FNO2S. The van der Waals surface area contributed by atoms with Gasteiger partial charge in [-0.15, -0.1) is 0 Å². The summed E-state index contributed by atoms with van der Waals surface area (Å²) < 4.78 is 39.2. The third-order valence-corrected chi connectivity index (χ3v) is 4.04. The van der Waals surface area contributed by atoms with Crippen LogP contribution in [0.3, 0.4) is 0 Å². The van der Waals surface area contributed by atoms with Crippen LogP contribution in [0.1, 0.15) is 0 Å². The van der Waals surface area contributed by atoms with E-state index in [0.29, 0.717) is 0 Å². The summed E-state index contributed by atoms with van der Waals surface area (Å²) in [5.41, 5.74) is 0.248. The number of hydrogen-bond acceptors (Lipinski definition) is 2. The molecule has 0 heterocycles. The first kappa shape index (κ1) is 14.1. The molecule has 0 bridgehead atoms. The van der Waals surface area contributed by atoms with E-state index in [-0.39, 0.29) is 20.6 Å². The molecule has 0 aliphatic carbocycles. The number of benzene rings is 2. The van der Waals surface area contributed by atoms with Crippen LogP contribution >= 0.6 is 23.2 Å². The molecule has 0 amide bonds. The van der Waals surface area contributed by atoms with Crippen molar-refractivity contribution < 1.29 is 12.8 Å². The zero-order chi connectivity index (χ0) is 14.0. The van der Waals surface area contributed by atoms with Gasteiger partial charge in [0, 0.05) is 15.7 Å². The van der Waals surface area contributed by atoms with Crippen molar-refractivity contribution in [3.63, 3.8) is 0 Å². The zero-order valence-corrected chi connectivity index (χ0v) is 11.7. The molecule has 0 spiro atoms. The Bertz CT molecular complexity index is 682. The van der Waals surface area contributed by atoms with Crippen LogP contribution in [0, 0.1) is 5.82 Å². The molecule has 3 nitrogen and oxygen atoms in total. The molecule has 7 heteroatoms. The Morgan fingerprint density at radius 2 is 1.47 bits per heavy atom. The van der Waals surface area contributed by atoms with Gasteiger partial charge in [0.2, 0.25) is 0 Å².